The molecule has 0 bridgehead atoms. The lowest BCUT2D eigenvalue weighted by molar-refractivity contribution is -0.134. The van der Waals surface area contributed by atoms with E-state index in [1.165, 1.54) is 7.11 Å². The van der Waals surface area contributed by atoms with Crippen LogP contribution in [0.25, 0.3) is 12.2 Å². The van der Waals surface area contributed by atoms with Crippen molar-refractivity contribution in [3.05, 3.63) is 82.1 Å². The van der Waals surface area contributed by atoms with Crippen molar-refractivity contribution in [2.75, 3.05) is 13.7 Å². The summed E-state index contributed by atoms with van der Waals surface area (Å²) in [6, 6.07) is 16.0. The van der Waals surface area contributed by atoms with Crippen LogP contribution in [0, 0.1) is 0 Å². The topological polar surface area (TPSA) is 57.7 Å². The Morgan fingerprint density at radius 1 is 1.00 bits per heavy atom. The summed E-state index contributed by atoms with van der Waals surface area (Å²) in [6.45, 7) is 0.324. The van der Waals surface area contributed by atoms with Crippen LogP contribution in [0.1, 0.15) is 24.1 Å². The summed E-state index contributed by atoms with van der Waals surface area (Å²) in [5.41, 5.74) is 1.75. The van der Waals surface area contributed by atoms with E-state index >= 15 is 0 Å². The summed E-state index contributed by atoms with van der Waals surface area (Å²) in [4.78, 5) is 16.4. The molecule has 2 aromatic carbocycles. The van der Waals surface area contributed by atoms with Crippen molar-refractivity contribution >= 4 is 41.3 Å². The molecule has 0 N–H and O–H groups in total. The zero-order valence-electron chi connectivity index (χ0n) is 16.9. The van der Waals surface area contributed by atoms with Gasteiger partial charge in [-0.25, -0.2) is 0 Å². The average molecular weight is 458 g/mol. The highest BCUT2D eigenvalue weighted by molar-refractivity contribution is 6.35. The van der Waals surface area contributed by atoms with Gasteiger partial charge in [0.2, 0.25) is 0 Å². The van der Waals surface area contributed by atoms with Crippen LogP contribution in [0.15, 0.2) is 60.8 Å². The first-order chi connectivity index (χ1) is 15.0. The molecule has 0 aliphatic carbocycles. The van der Waals surface area contributed by atoms with Crippen molar-refractivity contribution in [1.29, 1.82) is 0 Å². The van der Waals surface area contributed by atoms with Gasteiger partial charge in [-0.2, -0.15) is 0 Å². The number of halogens is 2. The molecule has 3 rings (SSSR count). The third-order valence-electron chi connectivity index (χ3n) is 4.22. The van der Waals surface area contributed by atoms with Crippen molar-refractivity contribution in [3.63, 3.8) is 0 Å². The maximum absolute atomic E-state index is 12.2. The standard InChI is InChI=1S/C24H21Cl2NO4/c1-29-23-15-17(7-10-19-5-2-3-13-27-19)8-11-22(23)31-24(28)6-4-14-30-21-12-9-18(25)16-20(21)26/h2-3,5,7-13,15-16H,4,6,14H2,1H3/b10-7+. The molecule has 0 amide bonds. The molecule has 3 aromatic rings. The number of carbonyl (C=O) groups is 1. The predicted octanol–water partition coefficient (Wildman–Crippen LogP) is 6.33. The summed E-state index contributed by atoms with van der Waals surface area (Å²) in [5, 5.41) is 0.963. The third-order valence-corrected chi connectivity index (χ3v) is 4.75. The van der Waals surface area contributed by atoms with Crippen LogP contribution in [0.3, 0.4) is 0 Å². The molecule has 0 unspecified atom stereocenters. The van der Waals surface area contributed by atoms with Crippen molar-refractivity contribution in [3.8, 4) is 17.2 Å². The third kappa shape index (κ3) is 7.02. The van der Waals surface area contributed by atoms with E-state index in [1.54, 1.807) is 36.5 Å². The minimum Gasteiger partial charge on any atom is -0.493 e. The van der Waals surface area contributed by atoms with Gasteiger partial charge < -0.3 is 14.2 Å². The SMILES string of the molecule is COc1cc(/C=C/c2ccccn2)ccc1OC(=O)CCCOc1ccc(Cl)cc1Cl. The molecule has 7 heteroatoms. The van der Waals surface area contributed by atoms with Gasteiger partial charge >= 0.3 is 5.97 Å². The van der Waals surface area contributed by atoms with Crippen LogP contribution >= 0.6 is 23.2 Å². The van der Waals surface area contributed by atoms with E-state index in [0.29, 0.717) is 40.3 Å². The van der Waals surface area contributed by atoms with E-state index < -0.39 is 0 Å². The Morgan fingerprint density at radius 2 is 1.84 bits per heavy atom. The Balaban J connectivity index is 1.51. The molecule has 5 nitrogen and oxygen atoms in total. The van der Waals surface area contributed by atoms with Crippen molar-refractivity contribution in [1.82, 2.24) is 4.98 Å². The number of ether oxygens (including phenoxy) is 3. The average Bonchev–Trinajstić information content (AvgIpc) is 2.78. The maximum atomic E-state index is 12.2. The predicted molar refractivity (Wildman–Crippen MR) is 123 cm³/mol. The number of nitrogens with zero attached hydrogens (tertiary/aromatic N) is 1. The number of aromatic nitrogens is 1. The van der Waals surface area contributed by atoms with Gasteiger partial charge in [-0.1, -0.05) is 41.4 Å². The van der Waals surface area contributed by atoms with Gasteiger partial charge in [-0.3, -0.25) is 9.78 Å². The van der Waals surface area contributed by atoms with Crippen LogP contribution in [0.5, 0.6) is 17.2 Å². The Kier molecular flexibility index (Phi) is 8.33. The fraction of sp³-hybridized carbons (Fsp3) is 0.167. The van der Waals surface area contributed by atoms with E-state index in [-0.39, 0.29) is 12.4 Å². The lowest BCUT2D eigenvalue weighted by Gasteiger charge is -2.11. The second-order valence-electron chi connectivity index (χ2n) is 6.50. The van der Waals surface area contributed by atoms with Crippen molar-refractivity contribution in [2.24, 2.45) is 0 Å². The van der Waals surface area contributed by atoms with E-state index in [0.717, 1.165) is 11.3 Å². The fourth-order valence-electron chi connectivity index (χ4n) is 2.69. The minimum absolute atomic E-state index is 0.190. The number of methoxy groups -OCH3 is 1. The number of hydrogen-bond donors (Lipinski definition) is 0. The van der Waals surface area contributed by atoms with Crippen molar-refractivity contribution < 1.29 is 19.0 Å². The van der Waals surface area contributed by atoms with E-state index in [2.05, 4.69) is 4.98 Å². The van der Waals surface area contributed by atoms with E-state index in [1.807, 2.05) is 36.4 Å². The number of rotatable bonds is 9. The van der Waals surface area contributed by atoms with Gasteiger partial charge in [0.05, 0.1) is 24.4 Å². The smallest absolute Gasteiger partial charge is 0.311 e. The second kappa shape index (κ2) is 11.4. The summed E-state index contributed by atoms with van der Waals surface area (Å²) < 4.78 is 16.4. The molecule has 31 heavy (non-hydrogen) atoms. The lowest BCUT2D eigenvalue weighted by Crippen LogP contribution is -2.10. The highest BCUT2D eigenvalue weighted by atomic mass is 35.5. The van der Waals surface area contributed by atoms with Crippen LogP contribution in [-0.2, 0) is 4.79 Å². The molecular formula is C24H21Cl2NO4. The first-order valence-electron chi connectivity index (χ1n) is 9.61. The summed E-state index contributed by atoms with van der Waals surface area (Å²) >= 11 is 11.9. The molecule has 0 aliphatic rings. The highest BCUT2D eigenvalue weighted by Gasteiger charge is 2.11. The molecule has 0 fully saturated rings. The van der Waals surface area contributed by atoms with Gasteiger partial charge in [0.25, 0.3) is 0 Å². The van der Waals surface area contributed by atoms with Crippen LogP contribution < -0.4 is 14.2 Å². The fourth-order valence-corrected chi connectivity index (χ4v) is 3.16. The number of benzene rings is 2. The van der Waals surface area contributed by atoms with E-state index in [4.69, 9.17) is 37.4 Å². The molecule has 1 aromatic heterocycles. The van der Waals surface area contributed by atoms with Gasteiger partial charge in [0.15, 0.2) is 11.5 Å². The van der Waals surface area contributed by atoms with Crippen LogP contribution in [0.4, 0.5) is 0 Å². The molecule has 0 aliphatic heterocycles. The quantitative estimate of drug-likeness (QED) is 0.213. The van der Waals surface area contributed by atoms with Gasteiger partial charge in [-0.15, -0.1) is 0 Å². The molecule has 1 heterocycles. The zero-order valence-corrected chi connectivity index (χ0v) is 18.4. The Bertz CT molecular complexity index is 1050. The minimum atomic E-state index is -0.374. The first kappa shape index (κ1) is 22.7. The second-order valence-corrected chi connectivity index (χ2v) is 7.34. The lowest BCUT2D eigenvalue weighted by atomic mass is 10.1. The summed E-state index contributed by atoms with van der Waals surface area (Å²) in [7, 11) is 1.53. The van der Waals surface area contributed by atoms with Crippen LogP contribution in [-0.4, -0.2) is 24.7 Å². The van der Waals surface area contributed by atoms with Gasteiger partial charge in [-0.05, 0) is 60.5 Å². The molecule has 0 atom stereocenters. The first-order valence-corrected chi connectivity index (χ1v) is 10.4. The molecular weight excluding hydrogens is 437 g/mol. The molecule has 0 radical (unpaired) electrons. The highest BCUT2D eigenvalue weighted by Crippen LogP contribution is 2.30. The number of carbonyl (C=O) groups excluding carboxylic acids is 1. The van der Waals surface area contributed by atoms with Gasteiger partial charge in [0.1, 0.15) is 5.75 Å². The van der Waals surface area contributed by atoms with Gasteiger partial charge in [0, 0.05) is 17.6 Å². The molecule has 0 saturated heterocycles. The number of pyridine rings is 1. The molecule has 160 valence electrons. The van der Waals surface area contributed by atoms with Crippen LogP contribution in [0.2, 0.25) is 10.0 Å². The Morgan fingerprint density at radius 3 is 2.58 bits per heavy atom. The van der Waals surface area contributed by atoms with Crippen molar-refractivity contribution in [2.45, 2.75) is 12.8 Å². The monoisotopic (exact) mass is 457 g/mol. The maximum Gasteiger partial charge on any atom is 0.311 e. The number of esters is 1. The molecule has 0 spiro atoms. The summed E-state index contributed by atoms with van der Waals surface area (Å²) in [5.74, 6) is 0.987. The molecule has 0 saturated carbocycles. The largest absolute Gasteiger partial charge is 0.493 e. The zero-order chi connectivity index (χ0) is 22.1. The Hall–Kier alpha value is -3.02. The normalized spacial score (nSPS) is 10.8. The number of hydrogen-bond acceptors (Lipinski definition) is 5. The Labute approximate surface area is 191 Å². The summed E-state index contributed by atoms with van der Waals surface area (Å²) in [6.07, 6.45) is 6.21. The van der Waals surface area contributed by atoms with E-state index in [9.17, 15) is 4.79 Å².